The summed E-state index contributed by atoms with van der Waals surface area (Å²) in [6.45, 7) is 5.02. The molecule has 258 valence electrons. The van der Waals surface area contributed by atoms with Crippen LogP contribution >= 0.6 is 0 Å². The Morgan fingerprint density at radius 1 is 0.729 bits per heavy atom. The Kier molecular flexibility index (Phi) is 11.7. The zero-order valence-electron chi connectivity index (χ0n) is 26.9. The quantitative estimate of drug-likeness (QED) is 0.246. The minimum Gasteiger partial charge on any atom is -0.480 e. The molecule has 0 bridgehead atoms. The second-order valence-corrected chi connectivity index (χ2v) is 11.2. The predicted molar refractivity (Wildman–Crippen MR) is 162 cm³/mol. The molecule has 7 atom stereocenters. The van der Waals surface area contributed by atoms with Gasteiger partial charge in [0.15, 0.2) is 30.6 Å². The number of alkyl carbamates (subject to hydrolysis) is 1. The highest BCUT2D eigenvalue weighted by Crippen LogP contribution is 2.44. The van der Waals surface area contributed by atoms with Gasteiger partial charge in [0, 0.05) is 33.6 Å². The van der Waals surface area contributed by atoms with Crippen LogP contribution in [0.3, 0.4) is 0 Å². The van der Waals surface area contributed by atoms with Gasteiger partial charge in [-0.15, -0.1) is 0 Å². The fourth-order valence-electron chi connectivity index (χ4n) is 5.74. The van der Waals surface area contributed by atoms with E-state index in [0.717, 1.165) is 49.9 Å². The third kappa shape index (κ3) is 8.66. The van der Waals surface area contributed by atoms with Crippen molar-refractivity contribution in [3.05, 3.63) is 59.7 Å². The summed E-state index contributed by atoms with van der Waals surface area (Å²) in [7, 11) is 0. The van der Waals surface area contributed by atoms with E-state index in [0.29, 0.717) is 0 Å². The van der Waals surface area contributed by atoms with Crippen LogP contribution in [0.5, 0.6) is 0 Å². The summed E-state index contributed by atoms with van der Waals surface area (Å²) in [5.74, 6) is -5.03. The van der Waals surface area contributed by atoms with Crippen LogP contribution in [-0.4, -0.2) is 97.1 Å². The average Bonchev–Trinajstić information content (AvgIpc) is 3.33. The number of carbonyl (C=O) groups excluding carboxylic acids is 5. The normalized spacial score (nSPS) is 22.6. The van der Waals surface area contributed by atoms with Gasteiger partial charge in [0.1, 0.15) is 19.3 Å². The summed E-state index contributed by atoms with van der Waals surface area (Å²) in [5, 5.41) is 12.3. The van der Waals surface area contributed by atoms with E-state index in [1.165, 1.54) is 6.92 Å². The number of amides is 1. The zero-order valence-corrected chi connectivity index (χ0v) is 26.9. The van der Waals surface area contributed by atoms with Gasteiger partial charge < -0.3 is 43.6 Å². The van der Waals surface area contributed by atoms with E-state index < -0.39 is 85.4 Å². The molecule has 2 aliphatic rings. The molecule has 0 aromatic heterocycles. The molecular weight excluding hydrogens is 634 g/mol. The summed E-state index contributed by atoms with van der Waals surface area (Å²) in [6, 6.07) is 13.7. The molecule has 15 nitrogen and oxygen atoms in total. The molecule has 2 aromatic carbocycles. The molecular formula is C33H37NO14. The molecule has 0 spiro atoms. The minimum atomic E-state index is -1.72. The third-order valence-electron chi connectivity index (χ3n) is 7.65. The van der Waals surface area contributed by atoms with E-state index in [-0.39, 0.29) is 12.5 Å². The molecule has 3 unspecified atom stereocenters. The van der Waals surface area contributed by atoms with Gasteiger partial charge in [-0.3, -0.25) is 19.2 Å². The largest absolute Gasteiger partial charge is 0.480 e. The Hall–Kier alpha value is -5.02. The Labute approximate surface area is 275 Å². The zero-order chi connectivity index (χ0) is 35.1. The first-order chi connectivity index (χ1) is 22.8. The Bertz CT molecular complexity index is 1500. The molecule has 15 heteroatoms. The van der Waals surface area contributed by atoms with Crippen LogP contribution in [-0.2, 0) is 57.1 Å². The Morgan fingerprint density at radius 3 is 1.77 bits per heavy atom. The van der Waals surface area contributed by atoms with Crippen LogP contribution in [0, 0.1) is 0 Å². The van der Waals surface area contributed by atoms with Crippen LogP contribution in [0.4, 0.5) is 4.79 Å². The number of nitrogens with one attached hydrogen (secondary N) is 1. The molecule has 1 fully saturated rings. The summed E-state index contributed by atoms with van der Waals surface area (Å²) in [5.41, 5.74) is 3.94. The van der Waals surface area contributed by atoms with Crippen molar-refractivity contribution in [1.29, 1.82) is 0 Å². The van der Waals surface area contributed by atoms with Gasteiger partial charge >= 0.3 is 35.9 Å². The maximum Gasteiger partial charge on any atom is 0.407 e. The number of ether oxygens (including phenoxy) is 7. The molecule has 2 aromatic rings. The average molecular weight is 672 g/mol. The first-order valence-electron chi connectivity index (χ1n) is 15.1. The molecule has 48 heavy (non-hydrogen) atoms. The van der Waals surface area contributed by atoms with E-state index in [9.17, 15) is 33.9 Å². The highest BCUT2D eigenvalue weighted by atomic mass is 16.7. The number of carboxylic acid groups (broad SMARTS) is 1. The van der Waals surface area contributed by atoms with Crippen molar-refractivity contribution in [2.75, 3.05) is 13.2 Å². The molecule has 1 amide bonds. The van der Waals surface area contributed by atoms with Gasteiger partial charge in [-0.25, -0.2) is 9.59 Å². The lowest BCUT2D eigenvalue weighted by Gasteiger charge is -2.44. The summed E-state index contributed by atoms with van der Waals surface area (Å²) >= 11 is 0. The second-order valence-electron chi connectivity index (χ2n) is 11.2. The van der Waals surface area contributed by atoms with Crippen LogP contribution in [0.2, 0.25) is 0 Å². The second kappa shape index (κ2) is 15.7. The first-order valence-corrected chi connectivity index (χ1v) is 15.1. The third-order valence-corrected chi connectivity index (χ3v) is 7.65. The standard InChI is InChI=1S/C33H37NO14/c1-16(27(31(39)40)34-33(41)43-14-25-23-12-8-6-10-21(23)22-11-7-9-13-24(22)25)44-32-30(47-20(5)38)29(46-19(4)37)28(45-18(3)36)26(48-32)15-42-17(2)35/h6-13,16,25-30,32H,14-15H2,1-5H3,(H,34,41)(H,39,40)/t16?,26?,27-,28+,29-,30?,32+/m0/s1. The molecule has 1 aliphatic heterocycles. The van der Waals surface area contributed by atoms with Crippen LogP contribution < -0.4 is 5.32 Å². The van der Waals surface area contributed by atoms with Crippen molar-refractivity contribution in [3.63, 3.8) is 0 Å². The molecule has 1 aliphatic carbocycles. The number of esters is 4. The predicted octanol–water partition coefficient (Wildman–Crippen LogP) is 2.47. The number of aliphatic carboxylic acids is 1. The van der Waals surface area contributed by atoms with Crippen molar-refractivity contribution < 1.29 is 67.0 Å². The van der Waals surface area contributed by atoms with E-state index >= 15 is 0 Å². The van der Waals surface area contributed by atoms with Gasteiger partial charge in [0.05, 0.1) is 6.10 Å². The molecule has 1 saturated heterocycles. The van der Waals surface area contributed by atoms with Crippen molar-refractivity contribution in [1.82, 2.24) is 5.32 Å². The van der Waals surface area contributed by atoms with Gasteiger partial charge in [-0.05, 0) is 29.2 Å². The lowest BCUT2D eigenvalue weighted by Crippen LogP contribution is -2.64. The maximum atomic E-state index is 13.0. The molecule has 0 saturated carbocycles. The molecule has 1 heterocycles. The maximum absolute atomic E-state index is 13.0. The topological polar surface area (TPSA) is 199 Å². The fraction of sp³-hybridized carbons (Fsp3) is 0.455. The van der Waals surface area contributed by atoms with E-state index in [1.807, 2.05) is 48.5 Å². The van der Waals surface area contributed by atoms with Gasteiger partial charge in [0.25, 0.3) is 0 Å². The van der Waals surface area contributed by atoms with E-state index in [4.69, 9.17) is 33.2 Å². The lowest BCUT2D eigenvalue weighted by molar-refractivity contribution is -0.316. The smallest absolute Gasteiger partial charge is 0.407 e. The van der Waals surface area contributed by atoms with Crippen LogP contribution in [0.15, 0.2) is 48.5 Å². The van der Waals surface area contributed by atoms with Gasteiger partial charge in [0.2, 0.25) is 0 Å². The van der Waals surface area contributed by atoms with Crippen molar-refractivity contribution in [2.45, 2.75) is 83.4 Å². The van der Waals surface area contributed by atoms with Crippen molar-refractivity contribution in [3.8, 4) is 11.1 Å². The molecule has 2 N–H and O–H groups in total. The number of hydrogen-bond donors (Lipinski definition) is 2. The van der Waals surface area contributed by atoms with Crippen LogP contribution in [0.1, 0.15) is 51.7 Å². The number of carboxylic acids is 1. The van der Waals surface area contributed by atoms with E-state index in [2.05, 4.69) is 5.32 Å². The Morgan fingerprint density at radius 2 is 1.25 bits per heavy atom. The minimum absolute atomic E-state index is 0.0822. The highest BCUT2D eigenvalue weighted by molar-refractivity contribution is 5.81. The van der Waals surface area contributed by atoms with Crippen molar-refractivity contribution >= 4 is 35.9 Å². The first kappa shape index (κ1) is 35.8. The number of carbonyl (C=O) groups is 6. The Balaban J connectivity index is 1.52. The highest BCUT2D eigenvalue weighted by Gasteiger charge is 2.53. The number of fused-ring (bicyclic) bond motifs is 3. The SMILES string of the molecule is CC(=O)OCC1O[C@@H](OC(C)[C@H](NC(=O)OCC2c3ccccc3-c3ccccc32)C(=O)O)C(OC(C)=O)[C@@H](OC(C)=O)[C@@H]1OC(C)=O. The summed E-state index contributed by atoms with van der Waals surface area (Å²) < 4.78 is 38.3. The van der Waals surface area contributed by atoms with Crippen LogP contribution in [0.25, 0.3) is 11.1 Å². The molecule has 0 radical (unpaired) electrons. The monoisotopic (exact) mass is 671 g/mol. The van der Waals surface area contributed by atoms with Gasteiger partial charge in [-0.2, -0.15) is 0 Å². The number of benzene rings is 2. The lowest BCUT2D eigenvalue weighted by atomic mass is 9.98. The van der Waals surface area contributed by atoms with E-state index in [1.54, 1.807) is 0 Å². The van der Waals surface area contributed by atoms with Crippen molar-refractivity contribution in [2.24, 2.45) is 0 Å². The fourth-order valence-corrected chi connectivity index (χ4v) is 5.74. The summed E-state index contributed by atoms with van der Waals surface area (Å²) in [4.78, 5) is 73.0. The summed E-state index contributed by atoms with van der Waals surface area (Å²) in [6.07, 6.45) is -9.95. The molecule has 4 rings (SSSR count). The van der Waals surface area contributed by atoms with Gasteiger partial charge in [-0.1, -0.05) is 48.5 Å². The number of rotatable bonds is 12. The number of hydrogen-bond acceptors (Lipinski definition) is 13.